The minimum atomic E-state index is -0.644. The molecule has 37 heavy (non-hydrogen) atoms. The first-order valence-electron chi connectivity index (χ1n) is 12.5. The van der Waals surface area contributed by atoms with E-state index < -0.39 is 11.5 Å². The van der Waals surface area contributed by atoms with Crippen LogP contribution in [0.1, 0.15) is 72.5 Å². The van der Waals surface area contributed by atoms with Crippen molar-refractivity contribution in [3.05, 3.63) is 70.0 Å². The number of benzene rings is 2. The topological polar surface area (TPSA) is 122 Å². The summed E-state index contributed by atoms with van der Waals surface area (Å²) in [7, 11) is 0. The molecule has 10 heteroatoms. The van der Waals surface area contributed by atoms with Crippen molar-refractivity contribution in [1.82, 2.24) is 10.2 Å². The van der Waals surface area contributed by atoms with Crippen molar-refractivity contribution in [1.29, 1.82) is 10.9 Å². The molecule has 8 nitrogen and oxygen atoms in total. The molecule has 0 unspecified atom stereocenters. The predicted octanol–water partition coefficient (Wildman–Crippen LogP) is 5.66. The van der Waals surface area contributed by atoms with Crippen LogP contribution in [-0.4, -0.2) is 40.5 Å². The molecule has 2 saturated carbocycles. The van der Waals surface area contributed by atoms with Crippen molar-refractivity contribution >= 4 is 35.0 Å². The normalized spacial score (nSPS) is 19.5. The molecule has 192 valence electrons. The molecule has 0 bridgehead atoms. The molecule has 2 amide bonds. The van der Waals surface area contributed by atoms with Gasteiger partial charge in [-0.3, -0.25) is 20.0 Å². The number of halogens is 2. The fraction of sp³-hybridized carbons (Fsp3) is 0.407. The summed E-state index contributed by atoms with van der Waals surface area (Å²) < 4.78 is 13.8. The first-order chi connectivity index (χ1) is 17.8. The van der Waals surface area contributed by atoms with E-state index in [9.17, 15) is 14.0 Å². The monoisotopic (exact) mass is 522 g/mol. The summed E-state index contributed by atoms with van der Waals surface area (Å²) >= 11 is 6.05. The lowest BCUT2D eigenvalue weighted by atomic mass is 9.86. The number of amides is 2. The summed E-state index contributed by atoms with van der Waals surface area (Å²) in [5.41, 5.74) is 8.41. The lowest BCUT2D eigenvalue weighted by Gasteiger charge is -2.44. The highest BCUT2D eigenvalue weighted by Gasteiger charge is 2.53. The van der Waals surface area contributed by atoms with Gasteiger partial charge in [0.2, 0.25) is 0 Å². The third-order valence-electron chi connectivity index (χ3n) is 7.45. The van der Waals surface area contributed by atoms with Crippen molar-refractivity contribution in [3.63, 3.8) is 0 Å². The minimum absolute atomic E-state index is 0.0386. The highest BCUT2D eigenvalue weighted by molar-refractivity contribution is 6.47. The maximum atomic E-state index is 14.0. The van der Waals surface area contributed by atoms with Crippen molar-refractivity contribution < 1.29 is 14.0 Å². The van der Waals surface area contributed by atoms with E-state index in [4.69, 9.17) is 27.5 Å². The number of carbonyl (C=O) groups excluding carboxylic acids is 2. The van der Waals surface area contributed by atoms with Crippen LogP contribution in [0.3, 0.4) is 0 Å². The average molecular weight is 523 g/mol. The molecule has 1 heterocycles. The number of nitrogens with one attached hydrogen (secondary N) is 3. The number of aliphatic imine (C=N–C) groups is 1. The van der Waals surface area contributed by atoms with Gasteiger partial charge in [-0.05, 0) is 80.3 Å². The fourth-order valence-corrected chi connectivity index (χ4v) is 5.66. The third-order valence-corrected chi connectivity index (χ3v) is 7.74. The molecular formula is C27H28ClFN6O2. The van der Waals surface area contributed by atoms with Crippen LogP contribution in [-0.2, 0) is 4.79 Å². The maximum Gasteiger partial charge on any atom is 0.275 e. The SMILES string of the molecule is N=NC(=N)CNC(=O)c1ccc([C@@H](C2CC2)N2C(=O)C(c3ccc(F)c(Cl)c3)=NC23CCCCC3)cc1. The van der Waals surface area contributed by atoms with Crippen molar-refractivity contribution in [2.24, 2.45) is 16.0 Å². The largest absolute Gasteiger partial charge is 0.345 e. The van der Waals surface area contributed by atoms with Gasteiger partial charge >= 0.3 is 0 Å². The Morgan fingerprint density at radius 1 is 1.19 bits per heavy atom. The number of rotatable bonds is 7. The molecule has 0 radical (unpaired) electrons. The van der Waals surface area contributed by atoms with Crippen LogP contribution in [0.25, 0.3) is 0 Å². The van der Waals surface area contributed by atoms with Crippen LogP contribution in [0, 0.1) is 22.7 Å². The molecule has 3 N–H and O–H groups in total. The Kier molecular flexibility index (Phi) is 6.90. The van der Waals surface area contributed by atoms with Gasteiger partial charge in [-0.15, -0.1) is 5.11 Å². The number of carbonyl (C=O) groups is 2. The number of hydrogen-bond donors (Lipinski definition) is 3. The van der Waals surface area contributed by atoms with Crippen molar-refractivity contribution in [2.45, 2.75) is 56.7 Å². The van der Waals surface area contributed by atoms with Crippen LogP contribution in [0.4, 0.5) is 4.39 Å². The summed E-state index contributed by atoms with van der Waals surface area (Å²) in [4.78, 5) is 33.5. The van der Waals surface area contributed by atoms with Crippen LogP contribution in [0.5, 0.6) is 0 Å². The van der Waals surface area contributed by atoms with Gasteiger partial charge in [-0.2, -0.15) is 0 Å². The maximum absolute atomic E-state index is 14.0. The highest BCUT2D eigenvalue weighted by Crippen LogP contribution is 2.52. The van der Waals surface area contributed by atoms with Gasteiger partial charge in [-0.25, -0.2) is 9.92 Å². The summed E-state index contributed by atoms with van der Waals surface area (Å²) in [6.45, 7) is -0.118. The third kappa shape index (κ3) is 4.92. The molecule has 2 fully saturated rings. The molecule has 1 atom stereocenters. The van der Waals surface area contributed by atoms with E-state index in [1.165, 1.54) is 12.1 Å². The Balaban J connectivity index is 1.47. The number of amidine groups is 1. The van der Waals surface area contributed by atoms with Gasteiger partial charge in [0.05, 0.1) is 17.6 Å². The van der Waals surface area contributed by atoms with Crippen LogP contribution in [0.2, 0.25) is 5.02 Å². The molecule has 3 aliphatic rings. The zero-order valence-electron chi connectivity index (χ0n) is 20.3. The molecule has 1 aliphatic heterocycles. The predicted molar refractivity (Wildman–Crippen MR) is 138 cm³/mol. The van der Waals surface area contributed by atoms with E-state index in [0.717, 1.165) is 50.5 Å². The highest BCUT2D eigenvalue weighted by atomic mass is 35.5. The standard InChI is InChI=1S/C27H28ClFN6O2/c28-20-14-19(10-11-21(20)29)23-26(37)35(27(33-23)12-2-1-3-13-27)24(16-4-5-16)17-6-8-18(9-7-17)25(36)32-15-22(30)34-31/h6-11,14,16,24,30-31H,1-5,12-13,15H2,(H,32,36)/t24-/m1/s1. The van der Waals surface area contributed by atoms with Gasteiger partial charge < -0.3 is 10.2 Å². The first-order valence-corrected chi connectivity index (χ1v) is 12.9. The van der Waals surface area contributed by atoms with Gasteiger partial charge in [0.1, 0.15) is 17.2 Å². The molecule has 1 spiro atoms. The Hall–Kier alpha value is -3.46. The molecule has 2 aliphatic carbocycles. The molecule has 5 rings (SSSR count). The van der Waals surface area contributed by atoms with Crippen molar-refractivity contribution in [3.8, 4) is 0 Å². The molecule has 2 aromatic rings. The van der Waals surface area contributed by atoms with Crippen LogP contribution < -0.4 is 5.32 Å². The second kappa shape index (κ2) is 10.1. The lowest BCUT2D eigenvalue weighted by molar-refractivity contribution is -0.133. The van der Waals surface area contributed by atoms with Gasteiger partial charge in [0.15, 0.2) is 5.84 Å². The van der Waals surface area contributed by atoms with E-state index in [2.05, 4.69) is 10.4 Å². The first kappa shape index (κ1) is 25.2. The van der Waals surface area contributed by atoms with Gasteiger partial charge in [-0.1, -0.05) is 30.2 Å². The lowest BCUT2D eigenvalue weighted by Crippen LogP contribution is -2.50. The van der Waals surface area contributed by atoms with Crippen molar-refractivity contribution in [2.75, 3.05) is 6.54 Å². The second-order valence-electron chi connectivity index (χ2n) is 9.95. The van der Waals surface area contributed by atoms with E-state index >= 15 is 0 Å². The average Bonchev–Trinajstić information content (AvgIpc) is 3.72. The summed E-state index contributed by atoms with van der Waals surface area (Å²) in [6, 6.07) is 11.3. The smallest absolute Gasteiger partial charge is 0.275 e. The van der Waals surface area contributed by atoms with E-state index in [0.29, 0.717) is 22.8 Å². The number of nitrogens with zero attached hydrogens (tertiary/aromatic N) is 3. The van der Waals surface area contributed by atoms with Crippen LogP contribution >= 0.6 is 11.6 Å². The zero-order chi connectivity index (χ0) is 26.2. The fourth-order valence-electron chi connectivity index (χ4n) is 5.48. The van der Waals surface area contributed by atoms with E-state index in [1.807, 2.05) is 17.0 Å². The molecule has 2 aromatic carbocycles. The number of hydrogen-bond acceptors (Lipinski definition) is 5. The Morgan fingerprint density at radius 3 is 2.51 bits per heavy atom. The zero-order valence-corrected chi connectivity index (χ0v) is 21.0. The van der Waals surface area contributed by atoms with Crippen LogP contribution in [0.15, 0.2) is 52.6 Å². The quantitative estimate of drug-likeness (QED) is 0.247. The Labute approximate surface area is 219 Å². The molecule has 0 saturated heterocycles. The summed E-state index contributed by atoms with van der Waals surface area (Å²) in [5, 5.41) is 12.9. The molecule has 0 aromatic heterocycles. The molecular weight excluding hydrogens is 495 g/mol. The summed E-state index contributed by atoms with van der Waals surface area (Å²) in [5.74, 6) is -0.995. The van der Waals surface area contributed by atoms with E-state index in [-0.39, 0.29) is 35.3 Å². The Bertz CT molecular complexity index is 1280. The van der Waals surface area contributed by atoms with Gasteiger partial charge in [0.25, 0.3) is 11.8 Å². The van der Waals surface area contributed by atoms with E-state index in [1.54, 1.807) is 18.2 Å². The van der Waals surface area contributed by atoms with Gasteiger partial charge in [0, 0.05) is 11.1 Å². The Morgan fingerprint density at radius 2 is 1.89 bits per heavy atom. The summed E-state index contributed by atoms with van der Waals surface area (Å²) in [6.07, 6.45) is 6.59. The minimum Gasteiger partial charge on any atom is -0.345 e. The second-order valence-corrected chi connectivity index (χ2v) is 10.4.